The first kappa shape index (κ1) is 31.6. The number of Topliss-reactive ketones (excluding diaryl/α,β-unsaturated/α-hetero) is 1. The number of nitrogen functional groups attached to an aromatic ring is 1. The number of hydrogen-bond acceptors (Lipinski definition) is 12. The number of anilines is 2. The summed E-state index contributed by atoms with van der Waals surface area (Å²) in [7, 11) is 1.32. The Labute approximate surface area is 240 Å². The van der Waals surface area contributed by atoms with E-state index in [-0.39, 0.29) is 66.7 Å². The average molecular weight is 584 g/mol. The molecular weight excluding hydrogens is 550 g/mol. The van der Waals surface area contributed by atoms with Gasteiger partial charge in [-0.2, -0.15) is 4.98 Å². The zero-order valence-corrected chi connectivity index (χ0v) is 23.1. The van der Waals surface area contributed by atoms with Crippen LogP contribution in [0.5, 0.6) is 0 Å². The highest BCUT2D eigenvalue weighted by atomic mass is 16.5. The van der Waals surface area contributed by atoms with E-state index < -0.39 is 23.5 Å². The van der Waals surface area contributed by atoms with Gasteiger partial charge >= 0.3 is 11.9 Å². The van der Waals surface area contributed by atoms with Gasteiger partial charge in [-0.1, -0.05) is 0 Å². The summed E-state index contributed by atoms with van der Waals surface area (Å²) in [6.07, 6.45) is 2.90. The topological polar surface area (TPSA) is 229 Å². The number of esters is 1. The number of nitrogens with zero attached hydrogens (tertiary/aromatic N) is 3. The third-order valence-corrected chi connectivity index (χ3v) is 6.06. The molecular formula is C27H33N7O8. The zero-order chi connectivity index (χ0) is 30.5. The highest BCUT2D eigenvalue weighted by Crippen LogP contribution is 2.13. The van der Waals surface area contributed by atoms with Crippen LogP contribution in [0.3, 0.4) is 0 Å². The molecule has 1 aromatic carbocycles. The van der Waals surface area contributed by atoms with Crippen LogP contribution in [0.4, 0.5) is 11.6 Å². The molecule has 0 aliphatic heterocycles. The van der Waals surface area contributed by atoms with Crippen molar-refractivity contribution in [2.75, 3.05) is 31.4 Å². The Morgan fingerprint density at radius 2 is 1.76 bits per heavy atom. The van der Waals surface area contributed by atoms with Crippen LogP contribution in [0.2, 0.25) is 0 Å². The molecule has 15 heteroatoms. The summed E-state index contributed by atoms with van der Waals surface area (Å²) in [5.41, 5.74) is 6.56. The number of hydrogen-bond donors (Lipinski definition) is 5. The standard InChI is InChI=1S/C27H33N7O8/c1-41-21(36)5-3-13-42-12-2-4-19(35)10-11-20(26(39)40)32-24(37)16-6-8-17(9-7-16)29-14-18-15-30-23-22(31-18)25(38)34-27(28)33-23/h6-9,15,20,29H,2-5,10-14H2,1H3,(H,32,37)(H,39,40)(H3,28,30,33,34,38)/t20-/m0/s1. The van der Waals surface area contributed by atoms with E-state index in [9.17, 15) is 29.1 Å². The highest BCUT2D eigenvalue weighted by Gasteiger charge is 2.21. The average Bonchev–Trinajstić information content (AvgIpc) is 2.97. The molecule has 224 valence electrons. The number of H-pyrrole nitrogens is 1. The minimum atomic E-state index is -1.24. The van der Waals surface area contributed by atoms with Crippen molar-refractivity contribution in [3.63, 3.8) is 0 Å². The van der Waals surface area contributed by atoms with E-state index in [1.165, 1.54) is 25.4 Å². The summed E-state index contributed by atoms with van der Waals surface area (Å²) in [5, 5.41) is 15.1. The van der Waals surface area contributed by atoms with Crippen LogP contribution in [0.15, 0.2) is 35.3 Å². The summed E-state index contributed by atoms with van der Waals surface area (Å²) in [4.78, 5) is 74.2. The van der Waals surface area contributed by atoms with Crippen LogP contribution in [-0.2, 0) is 30.4 Å². The van der Waals surface area contributed by atoms with Gasteiger partial charge in [-0.15, -0.1) is 0 Å². The van der Waals surface area contributed by atoms with E-state index in [1.54, 1.807) is 12.1 Å². The highest BCUT2D eigenvalue weighted by molar-refractivity contribution is 5.97. The first-order chi connectivity index (χ1) is 20.2. The number of nitrogens with two attached hydrogens (primary N) is 1. The second-order valence-corrected chi connectivity index (χ2v) is 9.25. The minimum Gasteiger partial charge on any atom is -0.480 e. The summed E-state index contributed by atoms with van der Waals surface area (Å²) in [6.45, 7) is 0.956. The molecule has 0 saturated heterocycles. The number of fused-ring (bicyclic) bond motifs is 1. The lowest BCUT2D eigenvalue weighted by Crippen LogP contribution is -2.41. The van der Waals surface area contributed by atoms with Crippen molar-refractivity contribution in [3.05, 3.63) is 52.1 Å². The first-order valence-corrected chi connectivity index (χ1v) is 13.2. The zero-order valence-electron chi connectivity index (χ0n) is 23.1. The Bertz CT molecular complexity index is 1460. The molecule has 2 aromatic heterocycles. The molecule has 0 bridgehead atoms. The second kappa shape index (κ2) is 15.8. The minimum absolute atomic E-state index is 0.00454. The van der Waals surface area contributed by atoms with Gasteiger partial charge in [-0.3, -0.25) is 24.2 Å². The molecule has 42 heavy (non-hydrogen) atoms. The maximum Gasteiger partial charge on any atom is 0.326 e. The van der Waals surface area contributed by atoms with Crippen LogP contribution in [-0.4, -0.2) is 75.0 Å². The van der Waals surface area contributed by atoms with Gasteiger partial charge in [0.2, 0.25) is 5.95 Å². The number of ether oxygens (including phenoxy) is 2. The van der Waals surface area contributed by atoms with Crippen molar-refractivity contribution < 1.29 is 33.8 Å². The molecule has 0 aliphatic carbocycles. The number of aromatic nitrogens is 4. The molecule has 2 heterocycles. The molecule has 6 N–H and O–H groups in total. The Hall–Kier alpha value is -4.92. The summed E-state index contributed by atoms with van der Waals surface area (Å²) >= 11 is 0. The van der Waals surface area contributed by atoms with Crippen molar-refractivity contribution in [1.82, 2.24) is 25.3 Å². The van der Waals surface area contributed by atoms with Crippen LogP contribution in [0.1, 0.15) is 54.6 Å². The van der Waals surface area contributed by atoms with Gasteiger partial charge in [0.15, 0.2) is 11.2 Å². The number of methoxy groups -OCH3 is 1. The number of benzene rings is 1. The van der Waals surface area contributed by atoms with Crippen LogP contribution in [0.25, 0.3) is 11.2 Å². The number of carboxylic acid groups (broad SMARTS) is 1. The molecule has 0 unspecified atom stereocenters. The number of rotatable bonds is 17. The van der Waals surface area contributed by atoms with Crippen molar-refractivity contribution in [3.8, 4) is 0 Å². The number of ketones is 1. The molecule has 0 saturated carbocycles. The Morgan fingerprint density at radius 3 is 2.45 bits per heavy atom. The predicted octanol–water partition coefficient (Wildman–Crippen LogP) is 1.19. The van der Waals surface area contributed by atoms with Crippen LogP contribution < -0.4 is 21.9 Å². The molecule has 0 fully saturated rings. The van der Waals surface area contributed by atoms with Crippen LogP contribution >= 0.6 is 0 Å². The largest absolute Gasteiger partial charge is 0.480 e. The predicted molar refractivity (Wildman–Crippen MR) is 151 cm³/mol. The molecule has 3 rings (SSSR count). The van der Waals surface area contributed by atoms with Crippen molar-refractivity contribution in [1.29, 1.82) is 0 Å². The van der Waals surface area contributed by atoms with Gasteiger partial charge in [0.25, 0.3) is 11.5 Å². The molecule has 0 spiro atoms. The number of nitrogens with one attached hydrogen (secondary N) is 3. The van der Waals surface area contributed by atoms with Crippen molar-refractivity contribution >= 4 is 46.4 Å². The molecule has 1 amide bonds. The smallest absolute Gasteiger partial charge is 0.326 e. The fraction of sp³-hybridized carbons (Fsp3) is 0.407. The fourth-order valence-electron chi connectivity index (χ4n) is 3.81. The van der Waals surface area contributed by atoms with Gasteiger partial charge < -0.3 is 30.9 Å². The van der Waals surface area contributed by atoms with Gasteiger partial charge in [0.05, 0.1) is 25.5 Å². The van der Waals surface area contributed by atoms with Crippen molar-refractivity contribution in [2.45, 2.75) is 51.1 Å². The lowest BCUT2D eigenvalue weighted by Gasteiger charge is -2.14. The Balaban J connectivity index is 1.41. The molecule has 3 aromatic rings. The van der Waals surface area contributed by atoms with E-state index in [1.807, 2.05) is 0 Å². The van der Waals surface area contributed by atoms with Crippen molar-refractivity contribution in [2.24, 2.45) is 0 Å². The third-order valence-electron chi connectivity index (χ3n) is 6.06. The Kier molecular flexibility index (Phi) is 11.9. The summed E-state index contributed by atoms with van der Waals surface area (Å²) in [5.74, 6) is -2.32. The number of aromatic amines is 1. The van der Waals surface area contributed by atoms with Gasteiger partial charge in [0, 0.05) is 43.7 Å². The summed E-state index contributed by atoms with van der Waals surface area (Å²) in [6, 6.07) is 5.09. The lowest BCUT2D eigenvalue weighted by molar-refractivity contribution is -0.141. The molecule has 0 aliphatic rings. The number of aliphatic carboxylic acids is 1. The maximum atomic E-state index is 12.6. The van der Waals surface area contributed by atoms with E-state index in [2.05, 4.69) is 35.3 Å². The van der Waals surface area contributed by atoms with Gasteiger partial charge in [0.1, 0.15) is 11.8 Å². The van der Waals surface area contributed by atoms with Gasteiger partial charge in [-0.05, 0) is 43.5 Å². The molecule has 0 radical (unpaired) electrons. The third kappa shape index (κ3) is 9.92. The van der Waals surface area contributed by atoms with Gasteiger partial charge in [-0.25, -0.2) is 14.8 Å². The number of carbonyl (C=O) groups is 4. The van der Waals surface area contributed by atoms with E-state index in [0.717, 1.165) is 0 Å². The van der Waals surface area contributed by atoms with E-state index in [0.29, 0.717) is 37.4 Å². The number of carbonyl (C=O) groups excluding carboxylic acids is 3. The number of amides is 1. The monoisotopic (exact) mass is 583 g/mol. The normalized spacial score (nSPS) is 11.5. The maximum absolute atomic E-state index is 12.6. The molecule has 1 atom stereocenters. The van der Waals surface area contributed by atoms with E-state index in [4.69, 9.17) is 10.5 Å². The Morgan fingerprint density at radius 1 is 1.05 bits per heavy atom. The number of carboxylic acids is 1. The van der Waals surface area contributed by atoms with E-state index >= 15 is 0 Å². The summed E-state index contributed by atoms with van der Waals surface area (Å²) < 4.78 is 9.91. The second-order valence-electron chi connectivity index (χ2n) is 9.25. The fourth-order valence-corrected chi connectivity index (χ4v) is 3.81. The lowest BCUT2D eigenvalue weighted by atomic mass is 10.1. The molecule has 15 nitrogen and oxygen atoms in total. The first-order valence-electron chi connectivity index (χ1n) is 13.2. The quantitative estimate of drug-likeness (QED) is 0.111. The van der Waals surface area contributed by atoms with Crippen LogP contribution in [0, 0.1) is 0 Å². The SMILES string of the molecule is COC(=O)CCCOCCCC(=O)CC[C@H](NC(=O)c1ccc(NCc2cnc3nc(N)[nH]c(=O)c3n2)cc1)C(=O)O.